The quantitative estimate of drug-likeness (QED) is 0.645. The van der Waals surface area contributed by atoms with E-state index in [-0.39, 0.29) is 24.3 Å². The van der Waals surface area contributed by atoms with Crippen molar-refractivity contribution in [2.45, 2.75) is 13.3 Å². The average Bonchev–Trinajstić information content (AvgIpc) is 2.66. The van der Waals surface area contributed by atoms with Crippen molar-refractivity contribution in [1.82, 2.24) is 0 Å². The van der Waals surface area contributed by atoms with Crippen LogP contribution in [0.1, 0.15) is 13.3 Å². The van der Waals surface area contributed by atoms with Crippen LogP contribution in [0.15, 0.2) is 0 Å². The zero-order chi connectivity index (χ0) is 7.56. The number of ether oxygens (including phenoxy) is 1. The topological polar surface area (TPSA) is 52.3 Å². The van der Waals surface area contributed by atoms with Crippen LogP contribution in [0.2, 0.25) is 0 Å². The summed E-state index contributed by atoms with van der Waals surface area (Å²) in [7, 11) is 0. The van der Waals surface area contributed by atoms with Gasteiger partial charge in [-0.2, -0.15) is 0 Å². The van der Waals surface area contributed by atoms with Crippen LogP contribution in [-0.4, -0.2) is 19.1 Å². The molecule has 0 aromatic carbocycles. The van der Waals surface area contributed by atoms with Crippen molar-refractivity contribution < 1.29 is 9.53 Å². The molecule has 0 heterocycles. The smallest absolute Gasteiger partial charge is 0.309 e. The minimum absolute atomic E-state index is 0. The third kappa shape index (κ3) is 2.67. The standard InChI is InChI=1S/C7H13NO2.ClH/c1-2-10-7(9)6-3-5(6)4-8;/h5-6H,2-4,8H2,1H3;1H/t5-,6+;/m0./s1. The lowest BCUT2D eigenvalue weighted by Crippen LogP contribution is -2.11. The highest BCUT2D eigenvalue weighted by atomic mass is 35.5. The van der Waals surface area contributed by atoms with Gasteiger partial charge in [0.15, 0.2) is 0 Å². The molecule has 1 fully saturated rings. The van der Waals surface area contributed by atoms with Crippen molar-refractivity contribution in [3.05, 3.63) is 0 Å². The van der Waals surface area contributed by atoms with Crippen LogP contribution in [0.25, 0.3) is 0 Å². The SMILES string of the molecule is CCOC(=O)[C@@H]1C[C@H]1CN.Cl. The third-order valence-corrected chi connectivity index (χ3v) is 1.81. The second kappa shape index (κ2) is 4.57. The second-order valence-electron chi connectivity index (χ2n) is 2.59. The van der Waals surface area contributed by atoms with E-state index in [2.05, 4.69) is 0 Å². The Morgan fingerprint density at radius 2 is 2.36 bits per heavy atom. The molecule has 66 valence electrons. The largest absolute Gasteiger partial charge is 0.466 e. The van der Waals surface area contributed by atoms with Crippen LogP contribution in [0.4, 0.5) is 0 Å². The van der Waals surface area contributed by atoms with Gasteiger partial charge in [-0.15, -0.1) is 12.4 Å². The first-order valence-corrected chi connectivity index (χ1v) is 3.66. The molecule has 1 rings (SSSR count). The number of nitrogens with two attached hydrogens (primary N) is 1. The summed E-state index contributed by atoms with van der Waals surface area (Å²) < 4.78 is 4.80. The number of carbonyl (C=O) groups excluding carboxylic acids is 1. The zero-order valence-electron chi connectivity index (χ0n) is 6.58. The van der Waals surface area contributed by atoms with E-state index in [1.165, 1.54) is 0 Å². The Kier molecular flexibility index (Phi) is 4.45. The third-order valence-electron chi connectivity index (χ3n) is 1.81. The highest BCUT2D eigenvalue weighted by Crippen LogP contribution is 2.38. The summed E-state index contributed by atoms with van der Waals surface area (Å²) in [5, 5.41) is 0. The molecule has 1 aliphatic rings. The average molecular weight is 180 g/mol. The number of rotatable bonds is 3. The molecule has 0 unspecified atom stereocenters. The summed E-state index contributed by atoms with van der Waals surface area (Å²) in [6.07, 6.45) is 0.926. The Bertz CT molecular complexity index is 140. The van der Waals surface area contributed by atoms with Gasteiger partial charge in [0.1, 0.15) is 0 Å². The lowest BCUT2D eigenvalue weighted by Gasteiger charge is -1.97. The second-order valence-corrected chi connectivity index (χ2v) is 2.59. The van der Waals surface area contributed by atoms with Crippen LogP contribution in [-0.2, 0) is 9.53 Å². The van der Waals surface area contributed by atoms with Crippen LogP contribution in [0.5, 0.6) is 0 Å². The first-order valence-electron chi connectivity index (χ1n) is 3.66. The lowest BCUT2D eigenvalue weighted by molar-refractivity contribution is -0.145. The maximum Gasteiger partial charge on any atom is 0.309 e. The molecule has 4 heteroatoms. The molecule has 2 N–H and O–H groups in total. The van der Waals surface area contributed by atoms with Crippen molar-refractivity contribution in [2.75, 3.05) is 13.2 Å². The van der Waals surface area contributed by atoms with E-state index < -0.39 is 0 Å². The molecule has 0 spiro atoms. The Morgan fingerprint density at radius 3 is 2.73 bits per heavy atom. The van der Waals surface area contributed by atoms with E-state index in [0.717, 1.165) is 6.42 Å². The summed E-state index contributed by atoms with van der Waals surface area (Å²) in [4.78, 5) is 10.9. The number of esters is 1. The predicted molar refractivity (Wildman–Crippen MR) is 44.5 cm³/mol. The van der Waals surface area contributed by atoms with Crippen molar-refractivity contribution in [2.24, 2.45) is 17.6 Å². The van der Waals surface area contributed by atoms with Crippen LogP contribution >= 0.6 is 12.4 Å². The van der Waals surface area contributed by atoms with Crippen LogP contribution in [0.3, 0.4) is 0 Å². The van der Waals surface area contributed by atoms with Gasteiger partial charge in [0, 0.05) is 0 Å². The van der Waals surface area contributed by atoms with Gasteiger partial charge in [-0.3, -0.25) is 4.79 Å². The van der Waals surface area contributed by atoms with Crippen molar-refractivity contribution in [1.29, 1.82) is 0 Å². The molecular formula is C7H14ClNO2. The van der Waals surface area contributed by atoms with E-state index in [1.807, 2.05) is 6.92 Å². The Morgan fingerprint density at radius 1 is 1.73 bits per heavy atom. The molecule has 0 aliphatic heterocycles. The molecule has 0 bridgehead atoms. The minimum atomic E-state index is -0.0713. The number of hydrogen-bond donors (Lipinski definition) is 1. The Hall–Kier alpha value is -0.280. The zero-order valence-corrected chi connectivity index (χ0v) is 7.39. The van der Waals surface area contributed by atoms with Gasteiger partial charge in [-0.1, -0.05) is 0 Å². The maximum absolute atomic E-state index is 10.9. The first kappa shape index (κ1) is 10.7. The number of halogens is 1. The molecule has 3 nitrogen and oxygen atoms in total. The number of hydrogen-bond acceptors (Lipinski definition) is 3. The Labute approximate surface area is 72.7 Å². The molecule has 1 saturated carbocycles. The molecule has 0 radical (unpaired) electrons. The van der Waals surface area contributed by atoms with Gasteiger partial charge in [0.05, 0.1) is 12.5 Å². The first-order chi connectivity index (χ1) is 4.79. The number of carbonyl (C=O) groups is 1. The minimum Gasteiger partial charge on any atom is -0.466 e. The van der Waals surface area contributed by atoms with Gasteiger partial charge in [0.25, 0.3) is 0 Å². The fourth-order valence-electron chi connectivity index (χ4n) is 1.05. The highest BCUT2D eigenvalue weighted by Gasteiger charge is 2.42. The molecule has 0 aromatic rings. The Balaban J connectivity index is 0.000001000. The van der Waals surface area contributed by atoms with Crippen molar-refractivity contribution in [3.63, 3.8) is 0 Å². The molecule has 11 heavy (non-hydrogen) atoms. The van der Waals surface area contributed by atoms with Crippen LogP contribution < -0.4 is 5.73 Å². The summed E-state index contributed by atoms with van der Waals surface area (Å²) in [6.45, 7) is 2.91. The molecule has 0 amide bonds. The van der Waals surface area contributed by atoms with E-state index in [9.17, 15) is 4.79 Å². The van der Waals surface area contributed by atoms with Gasteiger partial charge >= 0.3 is 5.97 Å². The predicted octanol–water partition coefficient (Wildman–Crippen LogP) is 0.566. The molecule has 0 aromatic heterocycles. The highest BCUT2D eigenvalue weighted by molar-refractivity contribution is 5.85. The van der Waals surface area contributed by atoms with Crippen molar-refractivity contribution >= 4 is 18.4 Å². The molecule has 0 saturated heterocycles. The van der Waals surface area contributed by atoms with E-state index in [0.29, 0.717) is 19.1 Å². The lowest BCUT2D eigenvalue weighted by atomic mass is 10.3. The maximum atomic E-state index is 10.9. The molecule has 2 atom stereocenters. The normalized spacial score (nSPS) is 27.1. The summed E-state index contributed by atoms with van der Waals surface area (Å²) in [5.41, 5.74) is 5.35. The van der Waals surface area contributed by atoms with E-state index >= 15 is 0 Å². The van der Waals surface area contributed by atoms with E-state index in [1.54, 1.807) is 0 Å². The summed E-state index contributed by atoms with van der Waals surface area (Å²) >= 11 is 0. The van der Waals surface area contributed by atoms with Crippen LogP contribution in [0, 0.1) is 11.8 Å². The molecular weight excluding hydrogens is 166 g/mol. The van der Waals surface area contributed by atoms with Crippen molar-refractivity contribution in [3.8, 4) is 0 Å². The monoisotopic (exact) mass is 179 g/mol. The van der Waals surface area contributed by atoms with Gasteiger partial charge in [0.2, 0.25) is 0 Å². The van der Waals surface area contributed by atoms with E-state index in [4.69, 9.17) is 10.5 Å². The van der Waals surface area contributed by atoms with Gasteiger partial charge in [-0.05, 0) is 25.8 Å². The molecule has 1 aliphatic carbocycles. The summed E-state index contributed by atoms with van der Waals surface area (Å²) in [6, 6.07) is 0. The fraction of sp³-hybridized carbons (Fsp3) is 0.857. The summed E-state index contributed by atoms with van der Waals surface area (Å²) in [5.74, 6) is 0.446. The fourth-order valence-corrected chi connectivity index (χ4v) is 1.05. The van der Waals surface area contributed by atoms with Gasteiger partial charge in [-0.25, -0.2) is 0 Å². The van der Waals surface area contributed by atoms with Gasteiger partial charge < -0.3 is 10.5 Å².